The summed E-state index contributed by atoms with van der Waals surface area (Å²) in [6, 6.07) is 0. The van der Waals surface area contributed by atoms with E-state index in [9.17, 15) is 10.1 Å². The van der Waals surface area contributed by atoms with Crippen LogP contribution in [0.4, 0.5) is 5.82 Å². The molecule has 0 radical (unpaired) electrons. The minimum atomic E-state index is -0.592. The van der Waals surface area contributed by atoms with Crippen LogP contribution in [0.2, 0.25) is 5.15 Å². The van der Waals surface area contributed by atoms with E-state index < -0.39 is 4.92 Å². The highest BCUT2D eigenvalue weighted by Crippen LogP contribution is 2.24. The van der Waals surface area contributed by atoms with Crippen LogP contribution < -0.4 is 0 Å². The molecular weight excluding hydrogens is 205 g/mol. The molecule has 0 atom stereocenters. The Hall–Kier alpha value is -0.810. The molecule has 1 rings (SSSR count). The quantitative estimate of drug-likeness (QED) is 0.424. The Bertz CT molecular complexity index is 323. The number of halogens is 2. The van der Waals surface area contributed by atoms with Gasteiger partial charge < -0.3 is 10.1 Å². The van der Waals surface area contributed by atoms with Crippen molar-refractivity contribution in [1.29, 1.82) is 0 Å². The van der Waals surface area contributed by atoms with Crippen LogP contribution in [0.3, 0.4) is 0 Å². The fourth-order valence-corrected chi connectivity index (χ4v) is 1.35. The molecule has 1 aromatic rings. The van der Waals surface area contributed by atoms with E-state index in [2.05, 4.69) is 4.98 Å². The summed E-state index contributed by atoms with van der Waals surface area (Å²) in [6.45, 7) is 0. The van der Waals surface area contributed by atoms with Gasteiger partial charge in [0.25, 0.3) is 0 Å². The average molecular weight is 210 g/mol. The van der Waals surface area contributed by atoms with Gasteiger partial charge in [-0.1, -0.05) is 11.6 Å². The summed E-state index contributed by atoms with van der Waals surface area (Å²) < 4.78 is 1.26. The van der Waals surface area contributed by atoms with E-state index in [4.69, 9.17) is 23.2 Å². The second-order valence-electron chi connectivity index (χ2n) is 2.09. The van der Waals surface area contributed by atoms with Crippen molar-refractivity contribution in [2.24, 2.45) is 7.05 Å². The lowest BCUT2D eigenvalue weighted by Gasteiger charge is -1.94. The van der Waals surface area contributed by atoms with Gasteiger partial charge in [0.1, 0.15) is 5.88 Å². The van der Waals surface area contributed by atoms with E-state index in [1.54, 1.807) is 0 Å². The van der Waals surface area contributed by atoms with Crippen LogP contribution in [-0.4, -0.2) is 14.5 Å². The van der Waals surface area contributed by atoms with Crippen molar-refractivity contribution in [3.8, 4) is 0 Å². The Balaban J connectivity index is 3.28. The van der Waals surface area contributed by atoms with Crippen molar-refractivity contribution in [1.82, 2.24) is 9.55 Å². The lowest BCUT2D eigenvalue weighted by molar-refractivity contribution is -0.391. The third-order valence-corrected chi connectivity index (χ3v) is 1.90. The maximum Gasteiger partial charge on any atom is 0.361 e. The Morgan fingerprint density at radius 1 is 1.75 bits per heavy atom. The molecule has 0 aromatic carbocycles. The molecule has 0 spiro atoms. The SMILES string of the molecule is Cn1c(CCl)nc(Cl)c1[N+](=O)[O-]. The van der Waals surface area contributed by atoms with Crippen molar-refractivity contribution >= 4 is 29.0 Å². The van der Waals surface area contributed by atoms with Gasteiger partial charge in [-0.3, -0.25) is 0 Å². The summed E-state index contributed by atoms with van der Waals surface area (Å²) in [5, 5.41) is 10.3. The molecule has 0 bridgehead atoms. The topological polar surface area (TPSA) is 61.0 Å². The average Bonchev–Trinajstić information content (AvgIpc) is 2.25. The molecule has 0 aliphatic carbocycles. The minimum Gasteiger partial charge on any atom is -0.358 e. The number of hydrogen-bond acceptors (Lipinski definition) is 3. The summed E-state index contributed by atoms with van der Waals surface area (Å²) in [6.07, 6.45) is 0. The smallest absolute Gasteiger partial charge is 0.358 e. The predicted molar refractivity (Wildman–Crippen MR) is 44.4 cm³/mol. The predicted octanol–water partition coefficient (Wildman–Crippen LogP) is 1.72. The summed E-state index contributed by atoms with van der Waals surface area (Å²) in [5.74, 6) is 0.255. The third-order valence-electron chi connectivity index (χ3n) is 1.41. The van der Waals surface area contributed by atoms with Gasteiger partial charge in [0.05, 0.1) is 7.05 Å². The van der Waals surface area contributed by atoms with E-state index in [1.165, 1.54) is 11.6 Å². The molecule has 0 aliphatic heterocycles. The highest BCUT2D eigenvalue weighted by Gasteiger charge is 2.22. The van der Waals surface area contributed by atoms with Crippen molar-refractivity contribution < 1.29 is 4.92 Å². The van der Waals surface area contributed by atoms with Crippen LogP contribution >= 0.6 is 23.2 Å². The fourth-order valence-electron chi connectivity index (χ4n) is 0.816. The molecule has 66 valence electrons. The molecule has 0 saturated heterocycles. The van der Waals surface area contributed by atoms with Crippen LogP contribution in [0.25, 0.3) is 0 Å². The van der Waals surface area contributed by atoms with Gasteiger partial charge in [0, 0.05) is 0 Å². The summed E-state index contributed by atoms with van der Waals surface area (Å²) in [7, 11) is 1.49. The van der Waals surface area contributed by atoms with Crippen molar-refractivity contribution in [3.63, 3.8) is 0 Å². The molecular formula is C5H5Cl2N3O2. The molecule has 0 amide bonds. The summed E-state index contributed by atoms with van der Waals surface area (Å²) in [5.41, 5.74) is 0. The van der Waals surface area contributed by atoms with Gasteiger partial charge in [0.15, 0.2) is 0 Å². The number of alkyl halides is 1. The molecule has 0 unspecified atom stereocenters. The minimum absolute atomic E-state index is 0.101. The van der Waals surface area contributed by atoms with Crippen molar-refractivity contribution in [2.75, 3.05) is 0 Å². The maximum absolute atomic E-state index is 10.4. The van der Waals surface area contributed by atoms with Gasteiger partial charge >= 0.3 is 5.82 Å². The van der Waals surface area contributed by atoms with E-state index in [1.807, 2.05) is 0 Å². The van der Waals surface area contributed by atoms with Crippen LogP contribution in [0.15, 0.2) is 0 Å². The molecule has 5 nitrogen and oxygen atoms in total. The Morgan fingerprint density at radius 2 is 2.33 bits per heavy atom. The zero-order chi connectivity index (χ0) is 9.30. The number of rotatable bonds is 2. The Morgan fingerprint density at radius 3 is 2.58 bits per heavy atom. The van der Waals surface area contributed by atoms with Gasteiger partial charge in [-0.05, 0) is 4.92 Å². The van der Waals surface area contributed by atoms with Crippen LogP contribution in [0, 0.1) is 10.1 Å². The summed E-state index contributed by atoms with van der Waals surface area (Å²) >= 11 is 10.9. The molecule has 1 aromatic heterocycles. The lowest BCUT2D eigenvalue weighted by Crippen LogP contribution is -2.00. The largest absolute Gasteiger partial charge is 0.361 e. The zero-order valence-corrected chi connectivity index (χ0v) is 7.63. The number of nitrogens with zero attached hydrogens (tertiary/aromatic N) is 3. The van der Waals surface area contributed by atoms with E-state index >= 15 is 0 Å². The monoisotopic (exact) mass is 209 g/mol. The molecule has 0 aliphatic rings. The molecule has 7 heteroatoms. The molecule has 12 heavy (non-hydrogen) atoms. The van der Waals surface area contributed by atoms with Gasteiger partial charge in [0.2, 0.25) is 11.0 Å². The van der Waals surface area contributed by atoms with Crippen LogP contribution in [0.1, 0.15) is 5.82 Å². The first kappa shape index (κ1) is 9.28. The van der Waals surface area contributed by atoms with E-state index in [0.717, 1.165) is 0 Å². The van der Waals surface area contributed by atoms with Crippen LogP contribution in [-0.2, 0) is 12.9 Å². The summed E-state index contributed by atoms with van der Waals surface area (Å²) in [4.78, 5) is 13.5. The first-order chi connectivity index (χ1) is 5.57. The lowest BCUT2D eigenvalue weighted by atomic mass is 10.7. The van der Waals surface area contributed by atoms with Crippen molar-refractivity contribution in [2.45, 2.75) is 5.88 Å². The molecule has 0 N–H and O–H groups in total. The normalized spacial score (nSPS) is 10.2. The number of hydrogen-bond donors (Lipinski definition) is 0. The highest BCUT2D eigenvalue weighted by atomic mass is 35.5. The van der Waals surface area contributed by atoms with Gasteiger partial charge in [-0.25, -0.2) is 4.57 Å². The zero-order valence-electron chi connectivity index (χ0n) is 6.12. The van der Waals surface area contributed by atoms with Gasteiger partial charge in [-0.2, -0.15) is 4.98 Å². The van der Waals surface area contributed by atoms with E-state index in [-0.39, 0.29) is 16.9 Å². The van der Waals surface area contributed by atoms with Gasteiger partial charge in [-0.15, -0.1) is 11.6 Å². The molecule has 0 saturated carbocycles. The second-order valence-corrected chi connectivity index (χ2v) is 2.72. The maximum atomic E-state index is 10.4. The second kappa shape index (κ2) is 3.28. The highest BCUT2D eigenvalue weighted by molar-refractivity contribution is 6.31. The number of nitro groups is 1. The molecule has 1 heterocycles. The Labute approximate surface area is 78.1 Å². The Kier molecular flexibility index (Phi) is 2.54. The van der Waals surface area contributed by atoms with E-state index in [0.29, 0.717) is 5.82 Å². The van der Waals surface area contributed by atoms with Crippen molar-refractivity contribution in [3.05, 3.63) is 21.1 Å². The first-order valence-electron chi connectivity index (χ1n) is 2.99. The number of aromatic nitrogens is 2. The molecule has 0 fully saturated rings. The third kappa shape index (κ3) is 1.37. The van der Waals surface area contributed by atoms with Crippen LogP contribution in [0.5, 0.6) is 0 Å². The number of imidazole rings is 1. The fraction of sp³-hybridized carbons (Fsp3) is 0.400. The first-order valence-corrected chi connectivity index (χ1v) is 3.90. The standard InChI is InChI=1S/C5H5Cl2N3O2/c1-9-3(2-6)8-4(7)5(9)10(11)12/h2H2,1H3.